The molecule has 1 aromatic carbocycles. The van der Waals surface area contributed by atoms with E-state index in [1.807, 2.05) is 48.3 Å². The molecule has 2 aromatic rings. The van der Waals surface area contributed by atoms with Gasteiger partial charge in [0.25, 0.3) is 0 Å². The summed E-state index contributed by atoms with van der Waals surface area (Å²) in [5, 5.41) is 0.742. The number of halogens is 1. The van der Waals surface area contributed by atoms with Crippen molar-refractivity contribution < 1.29 is 0 Å². The van der Waals surface area contributed by atoms with Crippen molar-refractivity contribution in [1.29, 1.82) is 0 Å². The van der Waals surface area contributed by atoms with Crippen molar-refractivity contribution in [3.05, 3.63) is 53.1 Å². The van der Waals surface area contributed by atoms with Crippen molar-refractivity contribution in [2.24, 2.45) is 12.8 Å². The Morgan fingerprint density at radius 2 is 2.05 bits per heavy atom. The number of hydrogen-bond donors (Lipinski definition) is 1. The molecule has 0 radical (unpaired) electrons. The maximum Gasteiger partial charge on any atom is 0.122 e. The van der Waals surface area contributed by atoms with Crippen LogP contribution in [0, 0.1) is 0 Å². The summed E-state index contributed by atoms with van der Waals surface area (Å²) in [4.78, 5) is 6.54. The first-order valence-electron chi connectivity index (χ1n) is 6.23. The molecule has 2 N–H and O–H groups in total. The number of aryl methyl sites for hydroxylation is 1. The molecule has 1 heterocycles. The number of nitrogens with two attached hydrogens (primary N) is 1. The highest BCUT2D eigenvalue weighted by molar-refractivity contribution is 6.30. The average Bonchev–Trinajstić information content (AvgIpc) is 2.78. The normalized spacial score (nSPS) is 12.9. The van der Waals surface area contributed by atoms with E-state index in [9.17, 15) is 0 Å². The molecule has 1 atom stereocenters. The van der Waals surface area contributed by atoms with Crippen LogP contribution in [-0.4, -0.2) is 28.0 Å². The number of aromatic nitrogens is 2. The Kier molecular flexibility index (Phi) is 4.58. The zero-order valence-electron chi connectivity index (χ0n) is 11.3. The number of nitrogens with zero attached hydrogens (tertiary/aromatic N) is 3. The number of likely N-dealkylation sites (N-methyl/N-ethyl adjacent to an activating group) is 1. The molecule has 0 amide bonds. The Bertz CT molecular complexity index is 520. The van der Waals surface area contributed by atoms with Gasteiger partial charge in [-0.3, -0.25) is 4.90 Å². The minimum absolute atomic E-state index is 0.161. The summed E-state index contributed by atoms with van der Waals surface area (Å²) in [6, 6.07) is 8.00. The van der Waals surface area contributed by atoms with Gasteiger partial charge in [0.2, 0.25) is 0 Å². The maximum absolute atomic E-state index is 5.92. The summed E-state index contributed by atoms with van der Waals surface area (Å²) in [6.07, 6.45) is 3.76. The largest absolute Gasteiger partial charge is 0.337 e. The Hall–Kier alpha value is -1.36. The minimum atomic E-state index is 0.161. The summed E-state index contributed by atoms with van der Waals surface area (Å²) in [5.74, 6) is 1.02. The van der Waals surface area contributed by atoms with Gasteiger partial charge in [-0.15, -0.1) is 0 Å². The molecule has 4 nitrogen and oxygen atoms in total. The van der Waals surface area contributed by atoms with E-state index in [1.54, 1.807) is 0 Å². The molecule has 5 heteroatoms. The number of hydrogen-bond acceptors (Lipinski definition) is 3. The fourth-order valence-electron chi connectivity index (χ4n) is 2.14. The summed E-state index contributed by atoms with van der Waals surface area (Å²) < 4.78 is 2.02. The first kappa shape index (κ1) is 14.1. The highest BCUT2D eigenvalue weighted by Gasteiger charge is 2.16. The van der Waals surface area contributed by atoms with Crippen LogP contribution in [0.3, 0.4) is 0 Å². The Morgan fingerprint density at radius 3 is 2.58 bits per heavy atom. The third-order valence-electron chi connectivity index (χ3n) is 3.32. The molecule has 1 unspecified atom stereocenters. The molecule has 0 bridgehead atoms. The Labute approximate surface area is 118 Å². The van der Waals surface area contributed by atoms with Crippen LogP contribution in [0.2, 0.25) is 5.02 Å². The van der Waals surface area contributed by atoms with Gasteiger partial charge in [0.15, 0.2) is 0 Å². The third-order valence-corrected chi connectivity index (χ3v) is 3.57. The summed E-state index contributed by atoms with van der Waals surface area (Å²) >= 11 is 5.92. The van der Waals surface area contributed by atoms with Crippen molar-refractivity contribution in [2.45, 2.75) is 12.6 Å². The first-order chi connectivity index (χ1) is 9.11. The predicted octanol–water partition coefficient (Wildman–Crippen LogP) is 2.21. The molecular formula is C14H19ClN4. The molecule has 0 saturated carbocycles. The molecule has 0 aliphatic rings. The molecule has 0 aliphatic heterocycles. The van der Waals surface area contributed by atoms with E-state index < -0.39 is 0 Å². The van der Waals surface area contributed by atoms with Crippen molar-refractivity contribution in [3.8, 4) is 0 Å². The van der Waals surface area contributed by atoms with Gasteiger partial charge < -0.3 is 10.3 Å². The first-order valence-corrected chi connectivity index (χ1v) is 6.61. The quantitative estimate of drug-likeness (QED) is 0.912. The zero-order chi connectivity index (χ0) is 13.8. The second-order valence-electron chi connectivity index (χ2n) is 4.67. The van der Waals surface area contributed by atoms with Crippen LogP contribution in [0.4, 0.5) is 0 Å². The van der Waals surface area contributed by atoms with E-state index in [0.29, 0.717) is 6.54 Å². The van der Waals surface area contributed by atoms with Gasteiger partial charge in [-0.05, 0) is 24.7 Å². The molecule has 1 aromatic heterocycles. The molecule has 19 heavy (non-hydrogen) atoms. The van der Waals surface area contributed by atoms with Crippen LogP contribution in [0.5, 0.6) is 0 Å². The lowest BCUT2D eigenvalue weighted by atomic mass is 10.1. The number of benzene rings is 1. The van der Waals surface area contributed by atoms with Gasteiger partial charge in [0.05, 0.1) is 6.54 Å². The molecule has 2 rings (SSSR count). The maximum atomic E-state index is 5.92. The molecular weight excluding hydrogens is 260 g/mol. The third kappa shape index (κ3) is 3.35. The monoisotopic (exact) mass is 278 g/mol. The van der Waals surface area contributed by atoms with Crippen LogP contribution < -0.4 is 5.73 Å². The second kappa shape index (κ2) is 6.19. The lowest BCUT2D eigenvalue weighted by molar-refractivity contribution is 0.234. The van der Waals surface area contributed by atoms with Crippen molar-refractivity contribution >= 4 is 11.6 Å². The predicted molar refractivity (Wildman–Crippen MR) is 77.9 cm³/mol. The second-order valence-corrected chi connectivity index (χ2v) is 5.11. The Morgan fingerprint density at radius 1 is 1.37 bits per heavy atom. The molecule has 0 spiro atoms. The lowest BCUT2D eigenvalue weighted by Gasteiger charge is -2.27. The summed E-state index contributed by atoms with van der Waals surface area (Å²) in [7, 11) is 4.05. The van der Waals surface area contributed by atoms with Gasteiger partial charge in [-0.1, -0.05) is 23.7 Å². The molecule has 0 saturated heterocycles. The van der Waals surface area contributed by atoms with E-state index in [1.165, 1.54) is 5.56 Å². The summed E-state index contributed by atoms with van der Waals surface area (Å²) in [6.45, 7) is 1.32. The highest BCUT2D eigenvalue weighted by Crippen LogP contribution is 2.21. The summed E-state index contributed by atoms with van der Waals surface area (Å²) in [5.41, 5.74) is 7.08. The van der Waals surface area contributed by atoms with Crippen LogP contribution in [0.25, 0.3) is 0 Å². The van der Waals surface area contributed by atoms with Crippen molar-refractivity contribution in [1.82, 2.24) is 14.5 Å². The van der Waals surface area contributed by atoms with Gasteiger partial charge in [-0.25, -0.2) is 4.98 Å². The van der Waals surface area contributed by atoms with E-state index in [-0.39, 0.29) is 6.04 Å². The smallest absolute Gasteiger partial charge is 0.122 e. The standard InChI is InChI=1S/C14H19ClN4/c1-18-8-7-17-14(18)10-19(2)13(9-16)11-3-5-12(15)6-4-11/h3-8,13H,9-10,16H2,1-2H3. The van der Waals surface area contributed by atoms with Crippen LogP contribution in [0.15, 0.2) is 36.7 Å². The average molecular weight is 279 g/mol. The van der Waals surface area contributed by atoms with Gasteiger partial charge in [0, 0.05) is 37.1 Å². The number of rotatable bonds is 5. The topological polar surface area (TPSA) is 47.1 Å². The SMILES string of the molecule is CN(Cc1nccn1C)C(CN)c1ccc(Cl)cc1. The van der Waals surface area contributed by atoms with Crippen molar-refractivity contribution in [3.63, 3.8) is 0 Å². The lowest BCUT2D eigenvalue weighted by Crippen LogP contribution is -2.31. The van der Waals surface area contributed by atoms with E-state index in [4.69, 9.17) is 17.3 Å². The van der Waals surface area contributed by atoms with E-state index >= 15 is 0 Å². The van der Waals surface area contributed by atoms with Crippen LogP contribution >= 0.6 is 11.6 Å². The molecule has 0 fully saturated rings. The van der Waals surface area contributed by atoms with Crippen LogP contribution in [-0.2, 0) is 13.6 Å². The Balaban J connectivity index is 2.13. The van der Waals surface area contributed by atoms with E-state index in [0.717, 1.165) is 17.4 Å². The van der Waals surface area contributed by atoms with Crippen molar-refractivity contribution in [2.75, 3.05) is 13.6 Å². The minimum Gasteiger partial charge on any atom is -0.337 e. The fourth-order valence-corrected chi connectivity index (χ4v) is 2.26. The van der Waals surface area contributed by atoms with E-state index in [2.05, 4.69) is 16.9 Å². The van der Waals surface area contributed by atoms with Gasteiger partial charge in [0.1, 0.15) is 5.82 Å². The van der Waals surface area contributed by atoms with Crippen LogP contribution in [0.1, 0.15) is 17.4 Å². The van der Waals surface area contributed by atoms with Gasteiger partial charge >= 0.3 is 0 Å². The molecule has 0 aliphatic carbocycles. The molecule has 102 valence electrons. The van der Waals surface area contributed by atoms with Gasteiger partial charge in [-0.2, -0.15) is 0 Å². The fraction of sp³-hybridized carbons (Fsp3) is 0.357. The number of imidazole rings is 1. The highest BCUT2D eigenvalue weighted by atomic mass is 35.5. The zero-order valence-corrected chi connectivity index (χ0v) is 12.0.